The minimum absolute atomic E-state index is 0.428. The fourth-order valence-corrected chi connectivity index (χ4v) is 2.03. The van der Waals surface area contributed by atoms with E-state index in [9.17, 15) is 8.42 Å². The Morgan fingerprint density at radius 3 is 2.53 bits per heavy atom. The van der Waals surface area contributed by atoms with Crippen LogP contribution in [0.2, 0.25) is 0 Å². The van der Waals surface area contributed by atoms with Crippen molar-refractivity contribution in [2.75, 3.05) is 17.6 Å². The van der Waals surface area contributed by atoms with E-state index in [0.29, 0.717) is 5.82 Å². The Morgan fingerprint density at radius 2 is 2.12 bits per heavy atom. The Hall–Kier alpha value is -1.36. The Balaban J connectivity index is 3.44. The van der Waals surface area contributed by atoms with E-state index in [-0.39, 0.29) is 0 Å². The molecule has 1 heterocycles. The van der Waals surface area contributed by atoms with Gasteiger partial charge in [0.1, 0.15) is 5.82 Å². The SMILES string of the molecule is C=Cc1cc(CC)c(C)nc1N(C)S(C)(=O)=O. The lowest BCUT2D eigenvalue weighted by molar-refractivity contribution is 0.599. The molecule has 0 saturated heterocycles. The molecule has 1 aromatic heterocycles. The number of aryl methyl sites for hydroxylation is 2. The van der Waals surface area contributed by atoms with E-state index >= 15 is 0 Å². The maximum absolute atomic E-state index is 11.5. The normalized spacial score (nSPS) is 11.3. The highest BCUT2D eigenvalue weighted by molar-refractivity contribution is 7.92. The van der Waals surface area contributed by atoms with Gasteiger partial charge in [-0.3, -0.25) is 4.31 Å². The van der Waals surface area contributed by atoms with E-state index < -0.39 is 10.0 Å². The van der Waals surface area contributed by atoms with Gasteiger partial charge in [-0.2, -0.15) is 0 Å². The predicted molar refractivity (Wildman–Crippen MR) is 71.7 cm³/mol. The lowest BCUT2D eigenvalue weighted by Gasteiger charge is -2.19. The number of hydrogen-bond acceptors (Lipinski definition) is 3. The molecule has 0 aliphatic heterocycles. The molecule has 1 rings (SSSR count). The first-order chi connectivity index (χ1) is 7.81. The zero-order valence-corrected chi connectivity index (χ0v) is 11.5. The molecule has 0 saturated carbocycles. The number of aromatic nitrogens is 1. The van der Waals surface area contributed by atoms with Crippen LogP contribution in [0.3, 0.4) is 0 Å². The van der Waals surface area contributed by atoms with E-state index in [4.69, 9.17) is 0 Å². The third kappa shape index (κ3) is 2.85. The van der Waals surface area contributed by atoms with Gasteiger partial charge in [0.05, 0.1) is 6.26 Å². The summed E-state index contributed by atoms with van der Waals surface area (Å²) in [5.74, 6) is 0.428. The summed E-state index contributed by atoms with van der Waals surface area (Å²) in [5.41, 5.74) is 2.69. The van der Waals surface area contributed by atoms with Gasteiger partial charge in [-0.25, -0.2) is 13.4 Å². The van der Waals surface area contributed by atoms with E-state index in [1.54, 1.807) is 6.08 Å². The topological polar surface area (TPSA) is 50.3 Å². The highest BCUT2D eigenvalue weighted by Crippen LogP contribution is 2.23. The van der Waals surface area contributed by atoms with Gasteiger partial charge >= 0.3 is 0 Å². The molecule has 0 N–H and O–H groups in total. The number of rotatable bonds is 4. The molecule has 0 spiro atoms. The largest absolute Gasteiger partial charge is 0.257 e. The van der Waals surface area contributed by atoms with Gasteiger partial charge in [-0.15, -0.1) is 0 Å². The van der Waals surface area contributed by atoms with Crippen molar-refractivity contribution in [1.29, 1.82) is 0 Å². The van der Waals surface area contributed by atoms with E-state index in [1.165, 1.54) is 11.4 Å². The second kappa shape index (κ2) is 4.87. The van der Waals surface area contributed by atoms with Gasteiger partial charge in [0.2, 0.25) is 10.0 Å². The zero-order valence-electron chi connectivity index (χ0n) is 10.7. The molecule has 5 heteroatoms. The van der Waals surface area contributed by atoms with Gasteiger partial charge in [-0.05, 0) is 25.0 Å². The summed E-state index contributed by atoms with van der Waals surface area (Å²) in [6.07, 6.45) is 3.65. The fraction of sp³-hybridized carbons (Fsp3) is 0.417. The van der Waals surface area contributed by atoms with Crippen molar-refractivity contribution >= 4 is 21.9 Å². The van der Waals surface area contributed by atoms with Gasteiger partial charge < -0.3 is 0 Å². The predicted octanol–water partition coefficient (Wildman–Crippen LogP) is 1.99. The molecule has 0 aliphatic rings. The lowest BCUT2D eigenvalue weighted by atomic mass is 10.1. The van der Waals surface area contributed by atoms with Crippen LogP contribution in [0.4, 0.5) is 5.82 Å². The van der Waals surface area contributed by atoms with Gasteiger partial charge in [0.15, 0.2) is 0 Å². The first-order valence-corrected chi connectivity index (χ1v) is 7.23. The van der Waals surface area contributed by atoms with Crippen LogP contribution in [0, 0.1) is 6.92 Å². The summed E-state index contributed by atoms with van der Waals surface area (Å²) >= 11 is 0. The van der Waals surface area contributed by atoms with Crippen LogP contribution in [-0.4, -0.2) is 26.7 Å². The second-order valence-corrected chi connectivity index (χ2v) is 5.95. The minimum Gasteiger partial charge on any atom is -0.257 e. The number of nitrogens with zero attached hydrogens (tertiary/aromatic N) is 2. The molecule has 0 aromatic carbocycles. The quantitative estimate of drug-likeness (QED) is 0.825. The summed E-state index contributed by atoms with van der Waals surface area (Å²) in [4.78, 5) is 4.36. The van der Waals surface area contributed by atoms with Gasteiger partial charge in [0.25, 0.3) is 0 Å². The van der Waals surface area contributed by atoms with Crippen molar-refractivity contribution in [3.05, 3.63) is 29.5 Å². The highest BCUT2D eigenvalue weighted by atomic mass is 32.2. The van der Waals surface area contributed by atoms with Crippen molar-refractivity contribution in [3.63, 3.8) is 0 Å². The molecule has 0 atom stereocenters. The first kappa shape index (κ1) is 13.7. The lowest BCUT2D eigenvalue weighted by Crippen LogP contribution is -2.27. The monoisotopic (exact) mass is 254 g/mol. The number of pyridine rings is 1. The molecular weight excluding hydrogens is 236 g/mol. The number of sulfonamides is 1. The van der Waals surface area contributed by atoms with Crippen LogP contribution < -0.4 is 4.31 Å². The second-order valence-electron chi connectivity index (χ2n) is 3.93. The molecule has 0 fully saturated rings. The molecule has 1 aromatic rings. The van der Waals surface area contributed by atoms with Crippen molar-refractivity contribution < 1.29 is 8.42 Å². The molecule has 0 bridgehead atoms. The van der Waals surface area contributed by atoms with E-state index in [1.807, 2.05) is 19.9 Å². The average Bonchev–Trinajstić information content (AvgIpc) is 2.26. The molecule has 94 valence electrons. The van der Waals surface area contributed by atoms with Crippen molar-refractivity contribution in [1.82, 2.24) is 4.98 Å². The third-order valence-electron chi connectivity index (χ3n) is 2.72. The average molecular weight is 254 g/mol. The molecular formula is C12H18N2O2S. The smallest absolute Gasteiger partial charge is 0.233 e. The van der Waals surface area contributed by atoms with Crippen LogP contribution in [0.25, 0.3) is 6.08 Å². The van der Waals surface area contributed by atoms with E-state index in [2.05, 4.69) is 11.6 Å². The third-order valence-corrected chi connectivity index (χ3v) is 3.89. The first-order valence-electron chi connectivity index (χ1n) is 5.38. The van der Waals surface area contributed by atoms with Crippen molar-refractivity contribution in [2.24, 2.45) is 0 Å². The molecule has 0 aliphatic carbocycles. The molecule has 0 radical (unpaired) electrons. The molecule has 17 heavy (non-hydrogen) atoms. The number of hydrogen-bond donors (Lipinski definition) is 0. The van der Waals surface area contributed by atoms with Crippen LogP contribution in [-0.2, 0) is 16.4 Å². The summed E-state index contributed by atoms with van der Waals surface area (Å²) < 4.78 is 24.2. The zero-order chi connectivity index (χ0) is 13.2. The Morgan fingerprint density at radius 1 is 1.53 bits per heavy atom. The van der Waals surface area contributed by atoms with Crippen LogP contribution in [0.5, 0.6) is 0 Å². The maximum Gasteiger partial charge on any atom is 0.233 e. The minimum atomic E-state index is -3.30. The van der Waals surface area contributed by atoms with Crippen LogP contribution >= 0.6 is 0 Å². The number of anilines is 1. The Labute approximate surface area is 103 Å². The Bertz CT molecular complexity index is 536. The van der Waals surface area contributed by atoms with Gasteiger partial charge in [-0.1, -0.05) is 19.6 Å². The summed E-state index contributed by atoms with van der Waals surface area (Å²) in [6, 6.07) is 1.94. The van der Waals surface area contributed by atoms with Crippen LogP contribution in [0.1, 0.15) is 23.7 Å². The van der Waals surface area contributed by atoms with Crippen molar-refractivity contribution in [2.45, 2.75) is 20.3 Å². The maximum atomic E-state index is 11.5. The summed E-state index contributed by atoms with van der Waals surface area (Å²) in [5, 5.41) is 0. The highest BCUT2D eigenvalue weighted by Gasteiger charge is 2.17. The van der Waals surface area contributed by atoms with E-state index in [0.717, 1.165) is 29.5 Å². The molecule has 4 nitrogen and oxygen atoms in total. The standard InChI is InChI=1S/C12H18N2O2S/c1-6-10-8-11(7-2)12(13-9(10)3)14(4)17(5,15)16/h7-8H,2,6H2,1,3-5H3. The summed E-state index contributed by atoms with van der Waals surface area (Å²) in [7, 11) is -1.81. The molecule has 0 amide bonds. The fourth-order valence-electron chi connectivity index (χ4n) is 1.57. The molecule has 0 unspecified atom stereocenters. The van der Waals surface area contributed by atoms with Crippen molar-refractivity contribution in [3.8, 4) is 0 Å². The summed E-state index contributed by atoms with van der Waals surface area (Å²) in [6.45, 7) is 7.62. The Kier molecular flexibility index (Phi) is 3.93. The van der Waals surface area contributed by atoms with Crippen LogP contribution in [0.15, 0.2) is 12.6 Å². The van der Waals surface area contributed by atoms with Gasteiger partial charge in [0, 0.05) is 18.3 Å².